The van der Waals surface area contributed by atoms with Gasteiger partial charge in [-0.25, -0.2) is 0 Å². The van der Waals surface area contributed by atoms with Crippen molar-refractivity contribution in [2.24, 2.45) is 0 Å². The SMILES string of the molecule is Cc1cc(C(=O)N(C)C(C)CC#N)ccc1Br. The fraction of sp³-hybridized carbons (Fsp3) is 0.385. The van der Waals surface area contributed by atoms with Gasteiger partial charge in [-0.05, 0) is 37.6 Å². The monoisotopic (exact) mass is 294 g/mol. The van der Waals surface area contributed by atoms with Crippen LogP contribution in [0.25, 0.3) is 0 Å². The van der Waals surface area contributed by atoms with Crippen molar-refractivity contribution in [3.8, 4) is 6.07 Å². The lowest BCUT2D eigenvalue weighted by atomic mass is 10.1. The molecule has 0 aliphatic rings. The number of halogens is 1. The molecule has 0 radical (unpaired) electrons. The fourth-order valence-corrected chi connectivity index (χ4v) is 1.70. The average molecular weight is 295 g/mol. The summed E-state index contributed by atoms with van der Waals surface area (Å²) in [4.78, 5) is 13.7. The predicted molar refractivity (Wildman–Crippen MR) is 70.7 cm³/mol. The summed E-state index contributed by atoms with van der Waals surface area (Å²) in [6.07, 6.45) is 0.345. The van der Waals surface area contributed by atoms with Gasteiger partial charge >= 0.3 is 0 Å². The lowest BCUT2D eigenvalue weighted by molar-refractivity contribution is 0.0746. The first-order valence-electron chi connectivity index (χ1n) is 5.37. The Bertz CT molecular complexity index is 465. The minimum Gasteiger partial charge on any atom is -0.338 e. The zero-order valence-electron chi connectivity index (χ0n) is 10.2. The van der Waals surface area contributed by atoms with Gasteiger partial charge in [-0.2, -0.15) is 5.26 Å². The van der Waals surface area contributed by atoms with Gasteiger partial charge in [0.05, 0.1) is 12.5 Å². The average Bonchev–Trinajstić information content (AvgIpc) is 2.31. The topological polar surface area (TPSA) is 44.1 Å². The van der Waals surface area contributed by atoms with E-state index in [1.54, 1.807) is 18.0 Å². The summed E-state index contributed by atoms with van der Waals surface area (Å²) in [5.41, 5.74) is 1.68. The molecule has 4 heteroatoms. The van der Waals surface area contributed by atoms with Gasteiger partial charge in [0.1, 0.15) is 0 Å². The van der Waals surface area contributed by atoms with Crippen molar-refractivity contribution >= 4 is 21.8 Å². The molecule has 0 aliphatic heterocycles. The molecule has 1 rings (SSSR count). The van der Waals surface area contributed by atoms with Crippen molar-refractivity contribution in [1.82, 2.24) is 4.90 Å². The zero-order valence-corrected chi connectivity index (χ0v) is 11.8. The molecule has 90 valence electrons. The van der Waals surface area contributed by atoms with E-state index in [9.17, 15) is 4.79 Å². The summed E-state index contributed by atoms with van der Waals surface area (Å²) in [6, 6.07) is 7.50. The number of carbonyl (C=O) groups excluding carboxylic acids is 1. The number of nitrogens with zero attached hydrogens (tertiary/aromatic N) is 2. The van der Waals surface area contributed by atoms with E-state index in [1.807, 2.05) is 26.0 Å². The van der Waals surface area contributed by atoms with Crippen LogP contribution in [0.3, 0.4) is 0 Å². The summed E-state index contributed by atoms with van der Waals surface area (Å²) >= 11 is 3.40. The first-order valence-corrected chi connectivity index (χ1v) is 6.17. The fourth-order valence-electron chi connectivity index (χ4n) is 1.45. The number of hydrogen-bond acceptors (Lipinski definition) is 2. The standard InChI is InChI=1S/C13H15BrN2O/c1-9-8-11(4-5-12(9)14)13(17)16(3)10(2)6-7-15/h4-5,8,10H,6H2,1-3H3. The van der Waals surface area contributed by atoms with E-state index in [4.69, 9.17) is 5.26 Å². The maximum Gasteiger partial charge on any atom is 0.253 e. The van der Waals surface area contributed by atoms with E-state index < -0.39 is 0 Å². The van der Waals surface area contributed by atoms with Gasteiger partial charge < -0.3 is 4.90 Å². The molecule has 0 fully saturated rings. The number of amides is 1. The number of carbonyl (C=O) groups is 1. The van der Waals surface area contributed by atoms with E-state index in [2.05, 4.69) is 22.0 Å². The Morgan fingerprint density at radius 1 is 1.59 bits per heavy atom. The van der Waals surface area contributed by atoms with Crippen LogP contribution >= 0.6 is 15.9 Å². The number of hydrogen-bond donors (Lipinski definition) is 0. The predicted octanol–water partition coefficient (Wildman–Crippen LogP) is 3.13. The second kappa shape index (κ2) is 5.83. The molecule has 0 spiro atoms. The molecular formula is C13H15BrN2O. The zero-order chi connectivity index (χ0) is 13.0. The van der Waals surface area contributed by atoms with Gasteiger partial charge in [-0.1, -0.05) is 15.9 Å². The molecule has 0 heterocycles. The quantitative estimate of drug-likeness (QED) is 0.860. The molecule has 0 bridgehead atoms. The van der Waals surface area contributed by atoms with Gasteiger partial charge in [0, 0.05) is 23.1 Å². The van der Waals surface area contributed by atoms with Crippen molar-refractivity contribution in [3.05, 3.63) is 33.8 Å². The van der Waals surface area contributed by atoms with Crippen molar-refractivity contribution in [1.29, 1.82) is 5.26 Å². The second-order valence-electron chi connectivity index (χ2n) is 4.09. The van der Waals surface area contributed by atoms with E-state index in [0.717, 1.165) is 10.0 Å². The minimum absolute atomic E-state index is 0.0525. The second-order valence-corrected chi connectivity index (χ2v) is 4.95. The van der Waals surface area contributed by atoms with E-state index in [0.29, 0.717) is 12.0 Å². The minimum atomic E-state index is -0.0727. The molecule has 1 atom stereocenters. The molecule has 0 aliphatic carbocycles. The molecule has 1 aromatic rings. The Morgan fingerprint density at radius 3 is 2.76 bits per heavy atom. The Labute approximate surface area is 110 Å². The lowest BCUT2D eigenvalue weighted by Crippen LogP contribution is -2.34. The third-order valence-electron chi connectivity index (χ3n) is 2.77. The highest BCUT2D eigenvalue weighted by molar-refractivity contribution is 9.10. The Morgan fingerprint density at radius 2 is 2.24 bits per heavy atom. The van der Waals surface area contributed by atoms with Crippen molar-refractivity contribution in [3.63, 3.8) is 0 Å². The third kappa shape index (κ3) is 3.31. The summed E-state index contributed by atoms with van der Waals surface area (Å²) in [5.74, 6) is -0.0525. The van der Waals surface area contributed by atoms with Gasteiger partial charge in [-0.15, -0.1) is 0 Å². The van der Waals surface area contributed by atoms with Gasteiger partial charge in [0.25, 0.3) is 5.91 Å². The first-order chi connectivity index (χ1) is 7.97. The van der Waals surface area contributed by atoms with Crippen LogP contribution in [0, 0.1) is 18.3 Å². The Balaban J connectivity index is 2.89. The van der Waals surface area contributed by atoms with Gasteiger partial charge in [-0.3, -0.25) is 4.79 Å². The molecule has 1 unspecified atom stereocenters. The molecular weight excluding hydrogens is 280 g/mol. The number of rotatable bonds is 3. The Hall–Kier alpha value is -1.34. The van der Waals surface area contributed by atoms with Crippen LogP contribution in [0.5, 0.6) is 0 Å². The number of aryl methyl sites for hydroxylation is 1. The highest BCUT2D eigenvalue weighted by atomic mass is 79.9. The first kappa shape index (κ1) is 13.7. The summed E-state index contributed by atoms with van der Waals surface area (Å²) in [6.45, 7) is 3.81. The van der Waals surface area contributed by atoms with E-state index in [1.165, 1.54) is 0 Å². The van der Waals surface area contributed by atoms with Gasteiger partial charge in [0.15, 0.2) is 0 Å². The molecule has 0 saturated carbocycles. The highest BCUT2D eigenvalue weighted by Gasteiger charge is 2.17. The summed E-state index contributed by atoms with van der Waals surface area (Å²) in [5, 5.41) is 8.62. The molecule has 3 nitrogen and oxygen atoms in total. The van der Waals surface area contributed by atoms with Crippen LogP contribution < -0.4 is 0 Å². The van der Waals surface area contributed by atoms with Crippen LogP contribution in [0.1, 0.15) is 29.3 Å². The van der Waals surface area contributed by atoms with Crippen molar-refractivity contribution in [2.75, 3.05) is 7.05 Å². The van der Waals surface area contributed by atoms with Crippen molar-refractivity contribution in [2.45, 2.75) is 26.3 Å². The third-order valence-corrected chi connectivity index (χ3v) is 3.66. The smallest absolute Gasteiger partial charge is 0.253 e. The molecule has 0 saturated heterocycles. The normalized spacial score (nSPS) is 11.7. The lowest BCUT2D eigenvalue weighted by Gasteiger charge is -2.23. The molecule has 1 amide bonds. The largest absolute Gasteiger partial charge is 0.338 e. The maximum atomic E-state index is 12.1. The Kier molecular flexibility index (Phi) is 4.71. The molecule has 0 aromatic heterocycles. The van der Waals surface area contributed by atoms with Crippen LogP contribution in [0.15, 0.2) is 22.7 Å². The number of nitriles is 1. The summed E-state index contributed by atoms with van der Waals surface area (Å²) < 4.78 is 0.988. The van der Waals surface area contributed by atoms with Crippen LogP contribution in [0.4, 0.5) is 0 Å². The highest BCUT2D eigenvalue weighted by Crippen LogP contribution is 2.18. The molecule has 0 N–H and O–H groups in total. The summed E-state index contributed by atoms with van der Waals surface area (Å²) in [7, 11) is 1.72. The maximum absolute atomic E-state index is 12.1. The van der Waals surface area contributed by atoms with Crippen LogP contribution in [0.2, 0.25) is 0 Å². The van der Waals surface area contributed by atoms with Gasteiger partial charge in [0.2, 0.25) is 0 Å². The van der Waals surface area contributed by atoms with Crippen LogP contribution in [-0.2, 0) is 0 Å². The number of benzene rings is 1. The van der Waals surface area contributed by atoms with Crippen molar-refractivity contribution < 1.29 is 4.79 Å². The molecule has 1 aromatic carbocycles. The van der Waals surface area contributed by atoms with E-state index >= 15 is 0 Å². The van der Waals surface area contributed by atoms with Crippen LogP contribution in [-0.4, -0.2) is 23.9 Å². The van der Waals surface area contributed by atoms with E-state index in [-0.39, 0.29) is 11.9 Å². The molecule has 17 heavy (non-hydrogen) atoms.